The van der Waals surface area contributed by atoms with Crippen molar-refractivity contribution in [3.8, 4) is 5.75 Å². The number of nitrogens with one attached hydrogen (secondary N) is 1. The Morgan fingerprint density at radius 2 is 2.11 bits per heavy atom. The van der Waals surface area contributed by atoms with Crippen molar-refractivity contribution in [2.24, 2.45) is 5.41 Å². The minimum atomic E-state index is 0.0396. The Kier molecular flexibility index (Phi) is 4.15. The molecule has 2 aromatic rings. The summed E-state index contributed by atoms with van der Waals surface area (Å²) in [6.07, 6.45) is 1.80. The second-order valence-corrected chi connectivity index (χ2v) is 5.67. The molecular weight excluding hydrogens is 260 g/mol. The van der Waals surface area contributed by atoms with E-state index >= 15 is 0 Å². The minimum Gasteiger partial charge on any atom is -0.497 e. The maximum atomic E-state index is 5.94. The molecule has 0 spiro atoms. The highest BCUT2D eigenvalue weighted by Gasteiger charge is 2.16. The first kappa shape index (κ1) is 13.9. The molecule has 0 fully saturated rings. The second-order valence-electron chi connectivity index (χ2n) is 5.40. The summed E-state index contributed by atoms with van der Waals surface area (Å²) < 4.78 is 5.24. The number of nitrogens with zero attached hydrogens (tertiary/aromatic N) is 1. The fourth-order valence-corrected chi connectivity index (χ4v) is 1.89. The van der Waals surface area contributed by atoms with E-state index in [-0.39, 0.29) is 5.41 Å². The summed E-state index contributed by atoms with van der Waals surface area (Å²) in [5, 5.41) is 5.58. The Balaban J connectivity index is 2.29. The van der Waals surface area contributed by atoms with Crippen LogP contribution in [-0.2, 0) is 0 Å². The van der Waals surface area contributed by atoms with Gasteiger partial charge in [-0.15, -0.1) is 11.6 Å². The molecule has 3 nitrogen and oxygen atoms in total. The van der Waals surface area contributed by atoms with Crippen LogP contribution in [0.4, 0.5) is 5.82 Å². The molecule has 1 aromatic carbocycles. The zero-order valence-corrected chi connectivity index (χ0v) is 12.3. The maximum Gasteiger partial charge on any atom is 0.133 e. The van der Waals surface area contributed by atoms with Crippen molar-refractivity contribution in [3.63, 3.8) is 0 Å². The highest BCUT2D eigenvalue weighted by molar-refractivity contribution is 6.18. The molecular formula is C15H19ClN2O. The monoisotopic (exact) mass is 278 g/mol. The van der Waals surface area contributed by atoms with Gasteiger partial charge in [-0.25, -0.2) is 4.98 Å². The van der Waals surface area contributed by atoms with Crippen LogP contribution in [0.5, 0.6) is 5.75 Å². The quantitative estimate of drug-likeness (QED) is 0.842. The van der Waals surface area contributed by atoms with Crippen molar-refractivity contribution in [1.29, 1.82) is 0 Å². The van der Waals surface area contributed by atoms with Crippen LogP contribution < -0.4 is 10.1 Å². The molecule has 0 amide bonds. The lowest BCUT2D eigenvalue weighted by Crippen LogP contribution is -2.25. The van der Waals surface area contributed by atoms with Crippen molar-refractivity contribution >= 4 is 28.2 Å². The molecule has 102 valence electrons. The zero-order valence-electron chi connectivity index (χ0n) is 11.5. The van der Waals surface area contributed by atoms with Crippen molar-refractivity contribution in [2.45, 2.75) is 13.8 Å². The number of fused-ring (bicyclic) bond motifs is 1. The minimum absolute atomic E-state index is 0.0396. The number of anilines is 1. The summed E-state index contributed by atoms with van der Waals surface area (Å²) in [6, 6.07) is 7.96. The number of rotatable bonds is 5. The average Bonchev–Trinajstić information content (AvgIpc) is 2.44. The first-order valence-corrected chi connectivity index (χ1v) is 6.82. The average molecular weight is 279 g/mol. The van der Waals surface area contributed by atoms with Crippen molar-refractivity contribution in [2.75, 3.05) is 24.9 Å². The standard InChI is InChI=1S/C15H19ClN2O/c1-15(2,9-16)10-18-14-13-5-4-12(19-3)8-11(13)6-7-17-14/h4-8H,9-10H2,1-3H3,(H,17,18). The van der Waals surface area contributed by atoms with E-state index in [4.69, 9.17) is 16.3 Å². The summed E-state index contributed by atoms with van der Waals surface area (Å²) in [5.74, 6) is 2.35. The number of pyridine rings is 1. The van der Waals surface area contributed by atoms with Crippen LogP contribution in [0.1, 0.15) is 13.8 Å². The van der Waals surface area contributed by atoms with Crippen molar-refractivity contribution in [1.82, 2.24) is 4.98 Å². The number of hydrogen-bond donors (Lipinski definition) is 1. The van der Waals surface area contributed by atoms with Crippen LogP contribution in [-0.4, -0.2) is 24.5 Å². The summed E-state index contributed by atoms with van der Waals surface area (Å²) in [6.45, 7) is 5.04. The zero-order chi connectivity index (χ0) is 13.9. The van der Waals surface area contributed by atoms with Gasteiger partial charge in [0.05, 0.1) is 7.11 Å². The number of benzene rings is 1. The van der Waals surface area contributed by atoms with Gasteiger partial charge in [-0.1, -0.05) is 13.8 Å². The molecule has 0 bridgehead atoms. The van der Waals surface area contributed by atoms with E-state index in [0.717, 1.165) is 28.9 Å². The van der Waals surface area contributed by atoms with E-state index in [9.17, 15) is 0 Å². The lowest BCUT2D eigenvalue weighted by Gasteiger charge is -2.22. The summed E-state index contributed by atoms with van der Waals surface area (Å²) in [7, 11) is 1.67. The molecule has 1 heterocycles. The first-order chi connectivity index (χ1) is 9.05. The van der Waals surface area contributed by atoms with Gasteiger partial charge in [0.1, 0.15) is 11.6 Å². The third-order valence-corrected chi connectivity index (χ3v) is 3.79. The van der Waals surface area contributed by atoms with E-state index in [1.165, 1.54) is 0 Å². The van der Waals surface area contributed by atoms with Gasteiger partial charge in [-0.05, 0) is 35.1 Å². The van der Waals surface area contributed by atoms with E-state index in [1.54, 1.807) is 13.3 Å². The SMILES string of the molecule is COc1ccc2c(NCC(C)(C)CCl)nccc2c1. The summed E-state index contributed by atoms with van der Waals surface area (Å²) in [5.41, 5.74) is 0.0396. The Morgan fingerprint density at radius 1 is 1.32 bits per heavy atom. The molecule has 0 atom stereocenters. The van der Waals surface area contributed by atoms with Gasteiger partial charge < -0.3 is 10.1 Å². The third-order valence-electron chi connectivity index (χ3n) is 3.07. The van der Waals surface area contributed by atoms with Gasteiger partial charge in [0.15, 0.2) is 0 Å². The van der Waals surface area contributed by atoms with Crippen molar-refractivity contribution in [3.05, 3.63) is 30.5 Å². The predicted molar refractivity (Wildman–Crippen MR) is 81.3 cm³/mol. The molecule has 0 unspecified atom stereocenters. The smallest absolute Gasteiger partial charge is 0.133 e. The van der Waals surface area contributed by atoms with Crippen LogP contribution in [0.25, 0.3) is 10.8 Å². The molecule has 4 heteroatoms. The second kappa shape index (κ2) is 5.66. The van der Waals surface area contributed by atoms with E-state index in [0.29, 0.717) is 5.88 Å². The van der Waals surface area contributed by atoms with Crippen LogP contribution in [0, 0.1) is 5.41 Å². The number of aromatic nitrogens is 1. The Morgan fingerprint density at radius 3 is 2.79 bits per heavy atom. The topological polar surface area (TPSA) is 34.1 Å². The molecule has 0 saturated carbocycles. The molecule has 0 radical (unpaired) electrons. The first-order valence-electron chi connectivity index (χ1n) is 6.28. The van der Waals surface area contributed by atoms with Gasteiger partial charge >= 0.3 is 0 Å². The fraction of sp³-hybridized carbons (Fsp3) is 0.400. The highest BCUT2D eigenvalue weighted by atomic mass is 35.5. The van der Waals surface area contributed by atoms with Crippen LogP contribution in [0.3, 0.4) is 0 Å². The fourth-order valence-electron chi connectivity index (χ4n) is 1.79. The molecule has 1 aromatic heterocycles. The lowest BCUT2D eigenvalue weighted by molar-refractivity contribution is 0.415. The number of methoxy groups -OCH3 is 1. The van der Waals surface area contributed by atoms with Gasteiger partial charge in [-0.3, -0.25) is 0 Å². The van der Waals surface area contributed by atoms with Gasteiger partial charge in [0.2, 0.25) is 0 Å². The summed E-state index contributed by atoms with van der Waals surface area (Å²) >= 11 is 5.94. The normalized spacial score (nSPS) is 11.6. The van der Waals surface area contributed by atoms with Crippen LogP contribution in [0.15, 0.2) is 30.5 Å². The number of ether oxygens (including phenoxy) is 1. The Hall–Kier alpha value is -1.48. The van der Waals surface area contributed by atoms with Crippen molar-refractivity contribution < 1.29 is 4.74 Å². The molecule has 19 heavy (non-hydrogen) atoms. The van der Waals surface area contributed by atoms with E-state index in [1.807, 2.05) is 24.3 Å². The molecule has 0 aliphatic rings. The van der Waals surface area contributed by atoms with Gasteiger partial charge in [-0.2, -0.15) is 0 Å². The summed E-state index contributed by atoms with van der Waals surface area (Å²) in [4.78, 5) is 4.40. The number of hydrogen-bond acceptors (Lipinski definition) is 3. The molecule has 1 N–H and O–H groups in total. The van der Waals surface area contributed by atoms with Crippen LogP contribution >= 0.6 is 11.6 Å². The van der Waals surface area contributed by atoms with Crippen LogP contribution in [0.2, 0.25) is 0 Å². The lowest BCUT2D eigenvalue weighted by atomic mass is 9.96. The largest absolute Gasteiger partial charge is 0.497 e. The highest BCUT2D eigenvalue weighted by Crippen LogP contribution is 2.26. The third kappa shape index (κ3) is 3.29. The predicted octanol–water partition coefficient (Wildman–Crippen LogP) is 3.92. The Bertz CT molecular complexity index is 569. The number of alkyl halides is 1. The van der Waals surface area contributed by atoms with E-state index < -0.39 is 0 Å². The maximum absolute atomic E-state index is 5.94. The molecule has 0 aliphatic carbocycles. The van der Waals surface area contributed by atoms with Gasteiger partial charge in [0, 0.05) is 24.0 Å². The van der Waals surface area contributed by atoms with Gasteiger partial charge in [0.25, 0.3) is 0 Å². The molecule has 0 aliphatic heterocycles. The molecule has 2 rings (SSSR count). The van der Waals surface area contributed by atoms with E-state index in [2.05, 4.69) is 24.1 Å². The Labute approximate surface area is 118 Å². The number of halogens is 1. The molecule has 0 saturated heterocycles.